The van der Waals surface area contributed by atoms with E-state index in [2.05, 4.69) is 5.32 Å². The normalized spacial score (nSPS) is 11.0. The second-order valence-corrected chi connectivity index (χ2v) is 10.9. The molecule has 0 spiro atoms. The van der Waals surface area contributed by atoms with E-state index in [1.807, 2.05) is 130 Å². The van der Waals surface area contributed by atoms with Gasteiger partial charge in [0.2, 0.25) is 0 Å². The molecule has 0 bridgehead atoms. The zero-order valence-electron chi connectivity index (χ0n) is 24.0. The third-order valence-corrected chi connectivity index (χ3v) is 6.56. The zero-order valence-corrected chi connectivity index (χ0v) is 24.0. The minimum Gasteiger partial charge on any atom is -0.488 e. The summed E-state index contributed by atoms with van der Waals surface area (Å²) in [7, 11) is 0. The van der Waals surface area contributed by atoms with Gasteiger partial charge in [-0.15, -0.1) is 0 Å². The topological polar surface area (TPSA) is 64.6 Å². The summed E-state index contributed by atoms with van der Waals surface area (Å²) in [5, 5.41) is 2.98. The van der Waals surface area contributed by atoms with Crippen LogP contribution in [0.1, 0.15) is 47.1 Å². The van der Waals surface area contributed by atoms with E-state index >= 15 is 0 Å². The molecular weight excluding hydrogens is 522 g/mol. The van der Waals surface area contributed by atoms with Gasteiger partial charge in [-0.1, -0.05) is 103 Å². The summed E-state index contributed by atoms with van der Waals surface area (Å²) in [5.74, 6) is -0.471. The predicted molar refractivity (Wildman–Crippen MR) is 168 cm³/mol. The summed E-state index contributed by atoms with van der Waals surface area (Å²) < 4.78 is 11.9. The third kappa shape index (κ3) is 7.12. The molecule has 0 aliphatic carbocycles. The van der Waals surface area contributed by atoms with E-state index in [9.17, 15) is 9.59 Å². The maximum atomic E-state index is 13.9. The fourth-order valence-corrected chi connectivity index (χ4v) is 4.53. The standard InChI is InChI=1S/C37H33NO4/c1-37(2,3)42-36(40)31-21-19-29(27-15-9-5-10-16-27)23-33(31)38-35(39)32-22-20-30(28-17-11-6-12-18-28)24-34(32)41-25-26-13-7-4-8-14-26/h4-24H,25H2,1-3H3,(H,38,39). The molecule has 0 fully saturated rings. The highest BCUT2D eigenvalue weighted by Gasteiger charge is 2.23. The Kier molecular flexibility index (Phi) is 8.49. The summed E-state index contributed by atoms with van der Waals surface area (Å²) in [6.45, 7) is 5.73. The Labute approximate surface area is 246 Å². The number of carbonyl (C=O) groups is 2. The SMILES string of the molecule is CC(C)(C)OC(=O)c1ccc(-c2ccccc2)cc1NC(=O)c1ccc(-c2ccccc2)cc1OCc1ccccc1. The number of amides is 1. The van der Waals surface area contributed by atoms with Crippen LogP contribution in [0.25, 0.3) is 22.3 Å². The molecule has 0 aliphatic heterocycles. The summed E-state index contributed by atoms with van der Waals surface area (Å²) in [4.78, 5) is 27.0. The molecule has 42 heavy (non-hydrogen) atoms. The van der Waals surface area contributed by atoms with E-state index in [1.165, 1.54) is 0 Å². The first kappa shape index (κ1) is 28.4. The first-order chi connectivity index (χ1) is 20.3. The molecule has 0 aromatic heterocycles. The van der Waals surface area contributed by atoms with Crippen molar-refractivity contribution in [2.75, 3.05) is 5.32 Å². The molecule has 5 rings (SSSR count). The van der Waals surface area contributed by atoms with Gasteiger partial charge in [0.15, 0.2) is 0 Å². The summed E-state index contributed by atoms with van der Waals surface area (Å²) >= 11 is 0. The van der Waals surface area contributed by atoms with Crippen molar-refractivity contribution < 1.29 is 19.1 Å². The Morgan fingerprint density at radius 1 is 0.619 bits per heavy atom. The molecule has 210 valence electrons. The Balaban J connectivity index is 1.51. The van der Waals surface area contributed by atoms with Crippen LogP contribution in [0.5, 0.6) is 5.75 Å². The largest absolute Gasteiger partial charge is 0.488 e. The van der Waals surface area contributed by atoms with Crippen LogP contribution in [0.4, 0.5) is 5.69 Å². The lowest BCUT2D eigenvalue weighted by Gasteiger charge is -2.21. The number of ether oxygens (including phenoxy) is 2. The highest BCUT2D eigenvalue weighted by molar-refractivity contribution is 6.10. The quantitative estimate of drug-likeness (QED) is 0.194. The third-order valence-electron chi connectivity index (χ3n) is 6.56. The second-order valence-electron chi connectivity index (χ2n) is 10.9. The van der Waals surface area contributed by atoms with Crippen LogP contribution in [0, 0.1) is 0 Å². The van der Waals surface area contributed by atoms with Gasteiger partial charge >= 0.3 is 5.97 Å². The molecule has 0 heterocycles. The maximum absolute atomic E-state index is 13.9. The van der Waals surface area contributed by atoms with Gasteiger partial charge in [-0.05, 0) is 72.9 Å². The van der Waals surface area contributed by atoms with Crippen LogP contribution in [-0.2, 0) is 11.3 Å². The van der Waals surface area contributed by atoms with Crippen molar-refractivity contribution in [3.8, 4) is 28.0 Å². The molecule has 1 N–H and O–H groups in total. The molecule has 0 aliphatic rings. The molecule has 0 unspecified atom stereocenters. The van der Waals surface area contributed by atoms with Crippen molar-refractivity contribution in [1.29, 1.82) is 0 Å². The fourth-order valence-electron chi connectivity index (χ4n) is 4.53. The molecule has 0 radical (unpaired) electrons. The number of hydrogen-bond donors (Lipinski definition) is 1. The van der Waals surface area contributed by atoms with Gasteiger partial charge in [-0.2, -0.15) is 0 Å². The fraction of sp³-hybridized carbons (Fsp3) is 0.135. The van der Waals surface area contributed by atoms with E-state index in [0.717, 1.165) is 27.8 Å². The van der Waals surface area contributed by atoms with E-state index in [1.54, 1.807) is 18.2 Å². The summed E-state index contributed by atoms with van der Waals surface area (Å²) in [6.07, 6.45) is 0. The molecule has 0 saturated heterocycles. The van der Waals surface area contributed by atoms with Crippen LogP contribution in [0.15, 0.2) is 127 Å². The van der Waals surface area contributed by atoms with E-state index in [-0.39, 0.29) is 5.56 Å². The Hall–Kier alpha value is -5.16. The van der Waals surface area contributed by atoms with Crippen LogP contribution in [0.3, 0.4) is 0 Å². The van der Waals surface area contributed by atoms with Crippen LogP contribution >= 0.6 is 0 Å². The molecule has 1 amide bonds. The number of nitrogens with one attached hydrogen (secondary N) is 1. The Bertz CT molecular complexity index is 1670. The van der Waals surface area contributed by atoms with E-state index in [0.29, 0.717) is 23.6 Å². The molecule has 0 saturated carbocycles. The molecule has 5 aromatic carbocycles. The van der Waals surface area contributed by atoms with E-state index in [4.69, 9.17) is 9.47 Å². The maximum Gasteiger partial charge on any atom is 0.340 e. The van der Waals surface area contributed by atoms with Gasteiger partial charge in [-0.3, -0.25) is 4.79 Å². The van der Waals surface area contributed by atoms with Gasteiger partial charge in [0, 0.05) is 0 Å². The van der Waals surface area contributed by atoms with Gasteiger partial charge in [0.05, 0.1) is 16.8 Å². The lowest BCUT2D eigenvalue weighted by molar-refractivity contribution is 0.00707. The van der Waals surface area contributed by atoms with Gasteiger partial charge in [-0.25, -0.2) is 4.79 Å². The lowest BCUT2D eigenvalue weighted by atomic mass is 10.0. The van der Waals surface area contributed by atoms with E-state index < -0.39 is 17.5 Å². The van der Waals surface area contributed by atoms with Gasteiger partial charge in [0.25, 0.3) is 5.91 Å². The van der Waals surface area contributed by atoms with Crippen molar-refractivity contribution in [3.63, 3.8) is 0 Å². The number of rotatable bonds is 8. The molecule has 5 heteroatoms. The number of benzene rings is 5. The first-order valence-electron chi connectivity index (χ1n) is 13.9. The molecule has 5 aromatic rings. The molecule has 0 atom stereocenters. The minimum absolute atomic E-state index is 0.269. The van der Waals surface area contributed by atoms with Crippen molar-refractivity contribution in [3.05, 3.63) is 144 Å². The van der Waals surface area contributed by atoms with Crippen LogP contribution < -0.4 is 10.1 Å². The van der Waals surface area contributed by atoms with Crippen molar-refractivity contribution in [2.24, 2.45) is 0 Å². The Morgan fingerprint density at radius 2 is 1.14 bits per heavy atom. The average Bonchev–Trinajstić information content (AvgIpc) is 3.00. The molecular formula is C37H33NO4. The summed E-state index contributed by atoms with van der Waals surface area (Å²) in [5.41, 5.74) is 5.03. The number of anilines is 1. The average molecular weight is 556 g/mol. The second kappa shape index (κ2) is 12.6. The van der Waals surface area contributed by atoms with Crippen LogP contribution in [0.2, 0.25) is 0 Å². The summed E-state index contributed by atoms with van der Waals surface area (Å²) in [6, 6.07) is 40.4. The Morgan fingerprint density at radius 3 is 1.71 bits per heavy atom. The number of carbonyl (C=O) groups excluding carboxylic acids is 2. The zero-order chi connectivity index (χ0) is 29.5. The number of hydrogen-bond acceptors (Lipinski definition) is 4. The van der Waals surface area contributed by atoms with Crippen molar-refractivity contribution in [2.45, 2.75) is 33.0 Å². The highest BCUT2D eigenvalue weighted by atomic mass is 16.6. The van der Waals surface area contributed by atoms with Crippen molar-refractivity contribution >= 4 is 17.6 Å². The smallest absolute Gasteiger partial charge is 0.340 e. The minimum atomic E-state index is -0.692. The predicted octanol–water partition coefficient (Wildman–Crippen LogP) is 8.81. The number of esters is 1. The van der Waals surface area contributed by atoms with Crippen LogP contribution in [-0.4, -0.2) is 17.5 Å². The first-order valence-corrected chi connectivity index (χ1v) is 13.9. The van der Waals surface area contributed by atoms with Gasteiger partial charge < -0.3 is 14.8 Å². The molecule has 5 nitrogen and oxygen atoms in total. The lowest BCUT2D eigenvalue weighted by Crippen LogP contribution is -2.25. The van der Waals surface area contributed by atoms with Crippen molar-refractivity contribution in [1.82, 2.24) is 0 Å². The monoisotopic (exact) mass is 555 g/mol. The highest BCUT2D eigenvalue weighted by Crippen LogP contribution is 2.31. The van der Waals surface area contributed by atoms with Gasteiger partial charge in [0.1, 0.15) is 18.0 Å².